The van der Waals surface area contributed by atoms with Crippen LogP contribution in [-0.2, 0) is 25.5 Å². The monoisotopic (exact) mass is 445 g/mol. The predicted octanol–water partition coefficient (Wildman–Crippen LogP) is 1.48. The van der Waals surface area contributed by atoms with Crippen molar-refractivity contribution in [3.05, 3.63) is 29.8 Å². The molecule has 32 heavy (non-hydrogen) atoms. The number of nitrogens with one attached hydrogen (secondary N) is 1. The SMILES string of the molecule is COCCNC(=O)C1CC(=O)N(CC2CCN(C(=O)CCc3cccc(OC)c3)CC2)C1. The van der Waals surface area contributed by atoms with Crippen molar-refractivity contribution in [3.8, 4) is 5.75 Å². The van der Waals surface area contributed by atoms with Gasteiger partial charge in [0.25, 0.3) is 0 Å². The third-order valence-electron chi connectivity index (χ3n) is 6.40. The minimum Gasteiger partial charge on any atom is -0.497 e. The molecule has 0 aromatic heterocycles. The summed E-state index contributed by atoms with van der Waals surface area (Å²) in [6, 6.07) is 7.83. The van der Waals surface area contributed by atoms with Gasteiger partial charge in [0.15, 0.2) is 0 Å². The van der Waals surface area contributed by atoms with Gasteiger partial charge in [-0.25, -0.2) is 0 Å². The number of nitrogens with zero attached hydrogens (tertiary/aromatic N) is 2. The molecule has 8 nitrogen and oxygen atoms in total. The van der Waals surface area contributed by atoms with Gasteiger partial charge in [0.05, 0.1) is 19.6 Å². The second kappa shape index (κ2) is 11.9. The van der Waals surface area contributed by atoms with Crippen molar-refractivity contribution in [2.75, 3.05) is 53.6 Å². The van der Waals surface area contributed by atoms with Crippen molar-refractivity contribution >= 4 is 17.7 Å². The highest BCUT2D eigenvalue weighted by Crippen LogP contribution is 2.24. The highest BCUT2D eigenvalue weighted by molar-refractivity contribution is 5.89. The van der Waals surface area contributed by atoms with Gasteiger partial charge >= 0.3 is 0 Å². The molecule has 0 radical (unpaired) electrons. The van der Waals surface area contributed by atoms with Crippen molar-refractivity contribution in [2.24, 2.45) is 11.8 Å². The van der Waals surface area contributed by atoms with E-state index in [2.05, 4.69) is 5.32 Å². The molecular weight excluding hydrogens is 410 g/mol. The zero-order valence-corrected chi connectivity index (χ0v) is 19.2. The number of rotatable bonds is 10. The maximum Gasteiger partial charge on any atom is 0.225 e. The molecule has 1 N–H and O–H groups in total. The first kappa shape index (κ1) is 24.0. The third kappa shape index (κ3) is 6.69. The Morgan fingerprint density at radius 3 is 2.69 bits per heavy atom. The maximum absolute atomic E-state index is 12.6. The molecule has 1 aromatic rings. The summed E-state index contributed by atoms with van der Waals surface area (Å²) in [5.74, 6) is 1.05. The number of benzene rings is 1. The first-order valence-electron chi connectivity index (χ1n) is 11.4. The Hall–Kier alpha value is -2.61. The van der Waals surface area contributed by atoms with Crippen LogP contribution in [-0.4, -0.2) is 81.1 Å². The van der Waals surface area contributed by atoms with Gasteiger partial charge < -0.3 is 24.6 Å². The lowest BCUT2D eigenvalue weighted by Crippen LogP contribution is -2.42. The lowest BCUT2D eigenvalue weighted by molar-refractivity contribution is -0.133. The summed E-state index contributed by atoms with van der Waals surface area (Å²) in [7, 11) is 3.23. The molecule has 0 bridgehead atoms. The van der Waals surface area contributed by atoms with Crippen LogP contribution >= 0.6 is 0 Å². The molecule has 0 saturated carbocycles. The average molecular weight is 446 g/mol. The third-order valence-corrected chi connectivity index (χ3v) is 6.40. The number of carbonyl (C=O) groups excluding carboxylic acids is 3. The molecule has 1 aromatic carbocycles. The maximum atomic E-state index is 12.6. The van der Waals surface area contributed by atoms with Crippen LogP contribution in [0, 0.1) is 11.8 Å². The number of carbonyl (C=O) groups is 3. The molecule has 3 amide bonds. The first-order chi connectivity index (χ1) is 15.5. The Morgan fingerprint density at radius 2 is 1.97 bits per heavy atom. The zero-order chi connectivity index (χ0) is 22.9. The molecule has 1 unspecified atom stereocenters. The predicted molar refractivity (Wildman–Crippen MR) is 120 cm³/mol. The van der Waals surface area contributed by atoms with E-state index in [0.29, 0.717) is 45.0 Å². The Balaban J connectivity index is 1.38. The Kier molecular flexibility index (Phi) is 8.90. The molecule has 0 spiro atoms. The van der Waals surface area contributed by atoms with Crippen molar-refractivity contribution < 1.29 is 23.9 Å². The van der Waals surface area contributed by atoms with Gasteiger partial charge in [-0.15, -0.1) is 0 Å². The van der Waals surface area contributed by atoms with Crippen molar-refractivity contribution in [3.63, 3.8) is 0 Å². The van der Waals surface area contributed by atoms with Crippen LogP contribution in [0.15, 0.2) is 24.3 Å². The molecular formula is C24H35N3O5. The summed E-state index contributed by atoms with van der Waals surface area (Å²) in [5.41, 5.74) is 1.10. The minimum absolute atomic E-state index is 0.0497. The van der Waals surface area contributed by atoms with Crippen LogP contribution in [0.5, 0.6) is 5.75 Å². The van der Waals surface area contributed by atoms with E-state index in [9.17, 15) is 14.4 Å². The van der Waals surface area contributed by atoms with Crippen LogP contribution in [0.3, 0.4) is 0 Å². The standard InChI is InChI=1S/C24H35N3O5/c1-31-13-10-25-24(30)20-15-23(29)27(17-20)16-19-8-11-26(12-9-19)22(28)7-6-18-4-3-5-21(14-18)32-2/h3-5,14,19-20H,6-13,15-17H2,1-2H3,(H,25,30). The summed E-state index contributed by atoms with van der Waals surface area (Å²) in [4.78, 5) is 41.0. The molecule has 0 aliphatic carbocycles. The fourth-order valence-corrected chi connectivity index (χ4v) is 4.46. The molecule has 2 saturated heterocycles. The number of methoxy groups -OCH3 is 2. The minimum atomic E-state index is -0.280. The number of likely N-dealkylation sites (tertiary alicyclic amines) is 2. The van der Waals surface area contributed by atoms with Gasteiger partial charge in [-0.3, -0.25) is 14.4 Å². The summed E-state index contributed by atoms with van der Waals surface area (Å²) in [6.45, 7) is 3.54. The van der Waals surface area contributed by atoms with Crippen LogP contribution in [0.1, 0.15) is 31.2 Å². The van der Waals surface area contributed by atoms with Crippen molar-refractivity contribution in [1.29, 1.82) is 0 Å². The largest absolute Gasteiger partial charge is 0.497 e. The van der Waals surface area contributed by atoms with E-state index in [4.69, 9.17) is 9.47 Å². The van der Waals surface area contributed by atoms with Gasteiger partial charge in [0.1, 0.15) is 5.75 Å². The highest BCUT2D eigenvalue weighted by Gasteiger charge is 2.35. The molecule has 2 heterocycles. The molecule has 3 rings (SSSR count). The van der Waals surface area contributed by atoms with E-state index in [1.54, 1.807) is 14.2 Å². The van der Waals surface area contributed by atoms with Crippen LogP contribution < -0.4 is 10.1 Å². The fraction of sp³-hybridized carbons (Fsp3) is 0.625. The average Bonchev–Trinajstić information content (AvgIpc) is 3.18. The van der Waals surface area contributed by atoms with Gasteiger partial charge in [-0.1, -0.05) is 12.1 Å². The molecule has 2 fully saturated rings. The number of hydrogen-bond acceptors (Lipinski definition) is 5. The van der Waals surface area contributed by atoms with Crippen LogP contribution in [0.2, 0.25) is 0 Å². The quantitative estimate of drug-likeness (QED) is 0.551. The summed E-state index contributed by atoms with van der Waals surface area (Å²) < 4.78 is 10.2. The lowest BCUT2D eigenvalue weighted by Gasteiger charge is -2.34. The normalized spacial score (nSPS) is 19.3. The Labute approximate surface area is 190 Å². The van der Waals surface area contributed by atoms with Crippen molar-refractivity contribution in [1.82, 2.24) is 15.1 Å². The number of piperidine rings is 1. The van der Waals surface area contributed by atoms with Gasteiger partial charge in [-0.2, -0.15) is 0 Å². The van der Waals surface area contributed by atoms with E-state index < -0.39 is 0 Å². The second-order valence-corrected chi connectivity index (χ2v) is 8.66. The first-order valence-corrected chi connectivity index (χ1v) is 11.4. The fourth-order valence-electron chi connectivity index (χ4n) is 4.46. The molecule has 176 valence electrons. The summed E-state index contributed by atoms with van der Waals surface area (Å²) >= 11 is 0. The van der Waals surface area contributed by atoms with Gasteiger partial charge in [-0.05, 0) is 42.9 Å². The van der Waals surface area contributed by atoms with E-state index in [1.165, 1.54) is 0 Å². The number of ether oxygens (including phenoxy) is 2. The van der Waals surface area contributed by atoms with E-state index in [-0.39, 0.29) is 30.1 Å². The topological polar surface area (TPSA) is 88.2 Å². The molecule has 2 aliphatic heterocycles. The van der Waals surface area contributed by atoms with E-state index >= 15 is 0 Å². The Bertz CT molecular complexity index is 792. The smallest absolute Gasteiger partial charge is 0.225 e. The summed E-state index contributed by atoms with van der Waals surface area (Å²) in [6.07, 6.45) is 3.24. The number of amides is 3. The molecule has 2 aliphatic rings. The number of hydrogen-bond donors (Lipinski definition) is 1. The zero-order valence-electron chi connectivity index (χ0n) is 19.2. The van der Waals surface area contributed by atoms with E-state index in [1.807, 2.05) is 34.1 Å². The summed E-state index contributed by atoms with van der Waals surface area (Å²) in [5, 5.41) is 2.82. The van der Waals surface area contributed by atoms with Crippen LogP contribution in [0.25, 0.3) is 0 Å². The molecule has 1 atom stereocenters. The van der Waals surface area contributed by atoms with Crippen LogP contribution in [0.4, 0.5) is 0 Å². The second-order valence-electron chi connectivity index (χ2n) is 8.66. The van der Waals surface area contributed by atoms with E-state index in [0.717, 1.165) is 37.2 Å². The van der Waals surface area contributed by atoms with Gasteiger partial charge in [0.2, 0.25) is 17.7 Å². The van der Waals surface area contributed by atoms with Crippen molar-refractivity contribution in [2.45, 2.75) is 32.1 Å². The van der Waals surface area contributed by atoms with Gasteiger partial charge in [0, 0.05) is 52.7 Å². The number of aryl methyl sites for hydroxylation is 1. The lowest BCUT2D eigenvalue weighted by atomic mass is 9.95. The molecule has 8 heteroatoms. The Morgan fingerprint density at radius 1 is 1.19 bits per heavy atom. The highest BCUT2D eigenvalue weighted by atomic mass is 16.5.